The Hall–Kier alpha value is -1.68. The average Bonchev–Trinajstić information content (AvgIpc) is 2.87. The Morgan fingerprint density at radius 2 is 2.17 bits per heavy atom. The number of hydrogen-bond acceptors (Lipinski definition) is 3. The highest BCUT2D eigenvalue weighted by molar-refractivity contribution is 5.84. The Labute approximate surface area is 106 Å². The van der Waals surface area contributed by atoms with Crippen LogP contribution in [0, 0.1) is 0 Å². The predicted octanol–water partition coefficient (Wildman–Crippen LogP) is 0.780. The number of aliphatic hydroxyl groups excluding tert-OH is 1. The van der Waals surface area contributed by atoms with Gasteiger partial charge in [0.1, 0.15) is 12.4 Å². The van der Waals surface area contributed by atoms with E-state index in [4.69, 9.17) is 0 Å². The molecule has 1 aliphatic heterocycles. The Morgan fingerprint density at radius 1 is 1.44 bits per heavy atom. The number of likely N-dealkylation sites (tertiary alicyclic amines) is 1. The van der Waals surface area contributed by atoms with Crippen molar-refractivity contribution in [1.82, 2.24) is 4.90 Å². The number of amides is 1. The van der Waals surface area contributed by atoms with E-state index in [0.717, 1.165) is 18.3 Å². The van der Waals surface area contributed by atoms with Crippen LogP contribution in [0.15, 0.2) is 30.3 Å². The molecule has 4 nitrogen and oxygen atoms in total. The fourth-order valence-corrected chi connectivity index (χ4v) is 2.32. The quantitative estimate of drug-likeness (QED) is 0.800. The highest BCUT2D eigenvalue weighted by atomic mass is 16.3. The summed E-state index contributed by atoms with van der Waals surface area (Å²) >= 11 is 0. The first-order valence-corrected chi connectivity index (χ1v) is 6.20. The molecule has 1 unspecified atom stereocenters. The maximum atomic E-state index is 12.0. The maximum Gasteiger partial charge on any atom is 0.252 e. The average molecular weight is 247 g/mol. The van der Waals surface area contributed by atoms with E-state index in [-0.39, 0.29) is 11.9 Å². The van der Waals surface area contributed by atoms with Crippen LogP contribution in [0.3, 0.4) is 0 Å². The molecule has 0 radical (unpaired) electrons. The van der Waals surface area contributed by atoms with Crippen LogP contribution in [-0.2, 0) is 16.0 Å². The van der Waals surface area contributed by atoms with E-state index in [0.29, 0.717) is 19.4 Å². The molecule has 4 heteroatoms. The van der Waals surface area contributed by atoms with Crippen molar-refractivity contribution in [2.75, 3.05) is 6.54 Å². The molecule has 2 rings (SSSR count). The molecule has 1 amide bonds. The van der Waals surface area contributed by atoms with Crippen molar-refractivity contribution >= 4 is 12.2 Å². The molecule has 2 atom stereocenters. The van der Waals surface area contributed by atoms with Gasteiger partial charge in [-0.3, -0.25) is 4.79 Å². The number of benzene rings is 1. The zero-order chi connectivity index (χ0) is 13.0. The van der Waals surface area contributed by atoms with Crippen LogP contribution >= 0.6 is 0 Å². The van der Waals surface area contributed by atoms with E-state index in [2.05, 4.69) is 0 Å². The Balaban J connectivity index is 1.98. The number of rotatable bonds is 4. The van der Waals surface area contributed by atoms with Crippen LogP contribution in [0.5, 0.6) is 0 Å². The molecule has 0 spiro atoms. The summed E-state index contributed by atoms with van der Waals surface area (Å²) < 4.78 is 0. The van der Waals surface area contributed by atoms with Gasteiger partial charge in [-0.05, 0) is 18.4 Å². The van der Waals surface area contributed by atoms with Gasteiger partial charge in [0.15, 0.2) is 0 Å². The van der Waals surface area contributed by atoms with Crippen LogP contribution < -0.4 is 0 Å². The summed E-state index contributed by atoms with van der Waals surface area (Å²) in [4.78, 5) is 24.4. The summed E-state index contributed by atoms with van der Waals surface area (Å²) in [6, 6.07) is 9.02. The molecular weight excluding hydrogens is 230 g/mol. The zero-order valence-electron chi connectivity index (χ0n) is 10.2. The number of carbonyl (C=O) groups excluding carboxylic acids is 2. The minimum absolute atomic E-state index is 0.293. The van der Waals surface area contributed by atoms with Gasteiger partial charge in [-0.15, -0.1) is 0 Å². The maximum absolute atomic E-state index is 12.0. The van der Waals surface area contributed by atoms with Crippen LogP contribution in [0.1, 0.15) is 18.4 Å². The summed E-state index contributed by atoms with van der Waals surface area (Å²) in [6.45, 7) is 0.564. The number of aldehydes is 1. The van der Waals surface area contributed by atoms with E-state index in [9.17, 15) is 14.7 Å². The SMILES string of the molecule is O=C[C@@H]1CCCN1C(=O)C(O)Cc1ccccc1. The molecule has 0 aliphatic carbocycles. The monoisotopic (exact) mass is 247 g/mol. The van der Waals surface area contributed by atoms with Crippen molar-refractivity contribution in [3.8, 4) is 0 Å². The van der Waals surface area contributed by atoms with Gasteiger partial charge in [-0.1, -0.05) is 30.3 Å². The highest BCUT2D eigenvalue weighted by Gasteiger charge is 2.31. The lowest BCUT2D eigenvalue weighted by Gasteiger charge is -2.23. The largest absolute Gasteiger partial charge is 0.383 e. The second kappa shape index (κ2) is 5.78. The number of nitrogens with zero attached hydrogens (tertiary/aromatic N) is 1. The highest BCUT2D eigenvalue weighted by Crippen LogP contribution is 2.17. The molecule has 0 bridgehead atoms. The lowest BCUT2D eigenvalue weighted by molar-refractivity contribution is -0.142. The topological polar surface area (TPSA) is 57.6 Å². The standard InChI is InChI=1S/C14H17NO3/c16-10-12-7-4-8-15(12)14(18)13(17)9-11-5-2-1-3-6-11/h1-3,5-6,10,12-13,17H,4,7-9H2/t12-,13?/m0/s1. The van der Waals surface area contributed by atoms with Gasteiger partial charge in [0, 0.05) is 13.0 Å². The molecule has 1 aromatic rings. The fraction of sp³-hybridized carbons (Fsp3) is 0.429. The molecule has 1 aliphatic rings. The molecule has 0 saturated carbocycles. The molecule has 96 valence electrons. The summed E-state index contributed by atoms with van der Waals surface area (Å²) in [5.74, 6) is -0.339. The molecule has 1 saturated heterocycles. The van der Waals surface area contributed by atoms with Crippen LogP contribution in [-0.4, -0.2) is 40.9 Å². The van der Waals surface area contributed by atoms with E-state index in [1.807, 2.05) is 30.3 Å². The van der Waals surface area contributed by atoms with E-state index < -0.39 is 6.10 Å². The van der Waals surface area contributed by atoms with Gasteiger partial charge in [0.05, 0.1) is 6.04 Å². The molecule has 18 heavy (non-hydrogen) atoms. The van der Waals surface area contributed by atoms with Gasteiger partial charge >= 0.3 is 0 Å². The second-order valence-corrected chi connectivity index (χ2v) is 4.58. The molecule has 1 aromatic carbocycles. The minimum Gasteiger partial charge on any atom is -0.383 e. The third-order valence-corrected chi connectivity index (χ3v) is 3.30. The van der Waals surface area contributed by atoms with E-state index in [1.165, 1.54) is 4.90 Å². The lowest BCUT2D eigenvalue weighted by atomic mass is 10.1. The zero-order valence-corrected chi connectivity index (χ0v) is 10.2. The third-order valence-electron chi connectivity index (χ3n) is 3.30. The van der Waals surface area contributed by atoms with Crippen molar-refractivity contribution in [1.29, 1.82) is 0 Å². The third kappa shape index (κ3) is 2.76. The lowest BCUT2D eigenvalue weighted by Crippen LogP contribution is -2.43. The number of carbonyl (C=O) groups is 2. The summed E-state index contributed by atoms with van der Waals surface area (Å²) in [5.41, 5.74) is 0.917. The summed E-state index contributed by atoms with van der Waals surface area (Å²) in [5, 5.41) is 9.94. The Morgan fingerprint density at radius 3 is 2.83 bits per heavy atom. The minimum atomic E-state index is -1.06. The second-order valence-electron chi connectivity index (χ2n) is 4.58. The van der Waals surface area contributed by atoms with E-state index >= 15 is 0 Å². The Bertz CT molecular complexity index is 418. The number of aliphatic hydroxyl groups is 1. The first-order chi connectivity index (χ1) is 8.72. The fourth-order valence-electron chi connectivity index (χ4n) is 2.32. The van der Waals surface area contributed by atoms with Crippen molar-refractivity contribution < 1.29 is 14.7 Å². The Kier molecular flexibility index (Phi) is 4.10. The van der Waals surface area contributed by atoms with Crippen LogP contribution in [0.2, 0.25) is 0 Å². The van der Waals surface area contributed by atoms with Gasteiger partial charge in [-0.25, -0.2) is 0 Å². The smallest absolute Gasteiger partial charge is 0.252 e. The van der Waals surface area contributed by atoms with Crippen LogP contribution in [0.4, 0.5) is 0 Å². The van der Waals surface area contributed by atoms with Crippen LogP contribution in [0.25, 0.3) is 0 Å². The predicted molar refractivity (Wildman–Crippen MR) is 67.0 cm³/mol. The van der Waals surface area contributed by atoms with E-state index in [1.54, 1.807) is 0 Å². The first-order valence-electron chi connectivity index (χ1n) is 6.20. The first kappa shape index (κ1) is 12.8. The van der Waals surface area contributed by atoms with Gasteiger partial charge in [-0.2, -0.15) is 0 Å². The summed E-state index contributed by atoms with van der Waals surface area (Å²) in [7, 11) is 0. The normalized spacial score (nSPS) is 20.7. The summed E-state index contributed by atoms with van der Waals surface area (Å²) in [6.07, 6.45) is 1.55. The van der Waals surface area contributed by atoms with Crippen molar-refractivity contribution in [2.45, 2.75) is 31.4 Å². The number of hydrogen-bond donors (Lipinski definition) is 1. The van der Waals surface area contributed by atoms with Crippen molar-refractivity contribution in [2.24, 2.45) is 0 Å². The van der Waals surface area contributed by atoms with Crippen molar-refractivity contribution in [3.05, 3.63) is 35.9 Å². The molecular formula is C14H17NO3. The van der Waals surface area contributed by atoms with Gasteiger partial charge in [0.25, 0.3) is 5.91 Å². The molecule has 1 N–H and O–H groups in total. The molecule has 1 heterocycles. The van der Waals surface area contributed by atoms with Gasteiger partial charge < -0.3 is 14.8 Å². The molecule has 1 fully saturated rings. The molecule has 0 aromatic heterocycles. The van der Waals surface area contributed by atoms with Crippen molar-refractivity contribution in [3.63, 3.8) is 0 Å². The van der Waals surface area contributed by atoms with Gasteiger partial charge in [0.2, 0.25) is 0 Å².